The van der Waals surface area contributed by atoms with Crippen LogP contribution in [-0.4, -0.2) is 25.7 Å². The zero-order valence-electron chi connectivity index (χ0n) is 8.34. The molecule has 0 aromatic carbocycles. The Bertz CT molecular complexity index is 394. The summed E-state index contributed by atoms with van der Waals surface area (Å²) in [6.45, 7) is 3.39. The molecule has 0 aliphatic heterocycles. The lowest BCUT2D eigenvalue weighted by Gasteiger charge is -2.01. The third kappa shape index (κ3) is 2.66. The lowest BCUT2D eigenvalue weighted by atomic mass is 10.6. The Balaban J connectivity index is 1.80. The number of aromatic nitrogens is 4. The van der Waals surface area contributed by atoms with Gasteiger partial charge in [-0.05, 0) is 6.92 Å². The molecule has 7 heteroatoms. The predicted molar refractivity (Wildman–Crippen MR) is 59.8 cm³/mol. The Kier molecular flexibility index (Phi) is 2.82. The zero-order valence-corrected chi connectivity index (χ0v) is 9.16. The highest BCUT2D eigenvalue weighted by Gasteiger charge is 1.99. The third-order valence-corrected chi connectivity index (χ3v) is 2.56. The van der Waals surface area contributed by atoms with Crippen LogP contribution in [0.2, 0.25) is 0 Å². The van der Waals surface area contributed by atoms with Gasteiger partial charge in [-0.25, -0.2) is 4.98 Å². The van der Waals surface area contributed by atoms with Crippen LogP contribution in [0.5, 0.6) is 0 Å². The SMILES string of the molecule is Cc1nsc(NCCn2cc(N)cn2)n1. The number of rotatable bonds is 4. The van der Waals surface area contributed by atoms with Gasteiger partial charge >= 0.3 is 0 Å². The van der Waals surface area contributed by atoms with E-state index in [1.54, 1.807) is 17.1 Å². The minimum absolute atomic E-state index is 0.682. The van der Waals surface area contributed by atoms with Crippen molar-refractivity contribution in [3.05, 3.63) is 18.2 Å². The second-order valence-corrected chi connectivity index (χ2v) is 3.86. The number of anilines is 2. The number of nitrogens with two attached hydrogens (primary N) is 1. The van der Waals surface area contributed by atoms with Crippen molar-refractivity contribution in [2.45, 2.75) is 13.5 Å². The van der Waals surface area contributed by atoms with Crippen molar-refractivity contribution < 1.29 is 0 Å². The van der Waals surface area contributed by atoms with Crippen LogP contribution in [0.4, 0.5) is 10.8 Å². The van der Waals surface area contributed by atoms with Gasteiger partial charge in [-0.3, -0.25) is 4.68 Å². The molecule has 2 rings (SSSR count). The van der Waals surface area contributed by atoms with Crippen LogP contribution < -0.4 is 11.1 Å². The minimum atomic E-state index is 0.682. The standard InChI is InChI=1S/C8H12N6S/c1-6-12-8(15-13-6)10-2-3-14-5-7(9)4-11-14/h4-5H,2-3,9H2,1H3,(H,10,12,13). The van der Waals surface area contributed by atoms with E-state index >= 15 is 0 Å². The van der Waals surface area contributed by atoms with E-state index in [9.17, 15) is 0 Å². The van der Waals surface area contributed by atoms with Gasteiger partial charge in [0.1, 0.15) is 5.82 Å². The maximum atomic E-state index is 5.54. The third-order valence-electron chi connectivity index (χ3n) is 1.80. The molecule has 0 fully saturated rings. The molecule has 0 atom stereocenters. The highest BCUT2D eigenvalue weighted by atomic mass is 32.1. The van der Waals surface area contributed by atoms with Crippen molar-refractivity contribution in [3.63, 3.8) is 0 Å². The first-order chi connectivity index (χ1) is 7.24. The van der Waals surface area contributed by atoms with Gasteiger partial charge in [-0.15, -0.1) is 0 Å². The summed E-state index contributed by atoms with van der Waals surface area (Å²) in [5, 5.41) is 8.08. The van der Waals surface area contributed by atoms with Gasteiger partial charge < -0.3 is 11.1 Å². The molecular weight excluding hydrogens is 212 g/mol. The maximum Gasteiger partial charge on any atom is 0.202 e. The number of nitrogen functional groups attached to an aromatic ring is 1. The van der Waals surface area contributed by atoms with E-state index < -0.39 is 0 Å². The van der Waals surface area contributed by atoms with Crippen molar-refractivity contribution >= 4 is 22.4 Å². The molecular formula is C8H12N6S. The van der Waals surface area contributed by atoms with Gasteiger partial charge in [0, 0.05) is 24.3 Å². The average molecular weight is 224 g/mol. The summed E-state index contributed by atoms with van der Waals surface area (Å²) >= 11 is 1.36. The summed E-state index contributed by atoms with van der Waals surface area (Å²) in [7, 11) is 0. The summed E-state index contributed by atoms with van der Waals surface area (Å²) in [6, 6.07) is 0. The van der Waals surface area contributed by atoms with E-state index in [0.29, 0.717) is 5.69 Å². The smallest absolute Gasteiger partial charge is 0.202 e. The fraction of sp³-hybridized carbons (Fsp3) is 0.375. The number of nitrogens with zero attached hydrogens (tertiary/aromatic N) is 4. The van der Waals surface area contributed by atoms with Crippen molar-refractivity contribution in [1.29, 1.82) is 0 Å². The molecule has 2 heterocycles. The lowest BCUT2D eigenvalue weighted by molar-refractivity contribution is 0.638. The topological polar surface area (TPSA) is 81.7 Å². The summed E-state index contributed by atoms with van der Waals surface area (Å²) < 4.78 is 5.86. The molecule has 0 aliphatic rings. The van der Waals surface area contributed by atoms with Crippen LogP contribution >= 0.6 is 11.5 Å². The first-order valence-corrected chi connectivity index (χ1v) is 5.33. The molecule has 2 aromatic heterocycles. The largest absolute Gasteiger partial charge is 0.396 e. The van der Waals surface area contributed by atoms with E-state index in [1.165, 1.54) is 11.5 Å². The Labute approximate surface area is 91.3 Å². The molecule has 0 radical (unpaired) electrons. The normalized spacial score (nSPS) is 10.5. The molecule has 3 N–H and O–H groups in total. The Morgan fingerprint density at radius 2 is 2.47 bits per heavy atom. The van der Waals surface area contributed by atoms with Gasteiger partial charge in [-0.2, -0.15) is 9.47 Å². The number of nitrogens with one attached hydrogen (secondary N) is 1. The quantitative estimate of drug-likeness (QED) is 0.800. The molecule has 0 unspecified atom stereocenters. The monoisotopic (exact) mass is 224 g/mol. The van der Waals surface area contributed by atoms with Crippen molar-refractivity contribution in [2.24, 2.45) is 0 Å². The van der Waals surface area contributed by atoms with E-state index in [2.05, 4.69) is 19.8 Å². The molecule has 0 saturated carbocycles. The van der Waals surface area contributed by atoms with Crippen molar-refractivity contribution in [2.75, 3.05) is 17.6 Å². The fourth-order valence-corrected chi connectivity index (χ4v) is 1.75. The van der Waals surface area contributed by atoms with Crippen molar-refractivity contribution in [3.8, 4) is 0 Å². The average Bonchev–Trinajstić information content (AvgIpc) is 2.76. The Hall–Kier alpha value is -1.63. The summed E-state index contributed by atoms with van der Waals surface area (Å²) in [5.74, 6) is 0.797. The number of hydrogen-bond acceptors (Lipinski definition) is 6. The van der Waals surface area contributed by atoms with Gasteiger partial charge in [0.05, 0.1) is 18.4 Å². The number of hydrogen-bond donors (Lipinski definition) is 2. The zero-order chi connectivity index (χ0) is 10.7. The van der Waals surface area contributed by atoms with E-state index in [-0.39, 0.29) is 0 Å². The summed E-state index contributed by atoms with van der Waals surface area (Å²) in [6.07, 6.45) is 3.43. The molecule has 0 aliphatic carbocycles. The summed E-state index contributed by atoms with van der Waals surface area (Å²) in [4.78, 5) is 4.19. The van der Waals surface area contributed by atoms with Crippen LogP contribution in [0.1, 0.15) is 5.82 Å². The van der Waals surface area contributed by atoms with Crippen LogP contribution in [0.25, 0.3) is 0 Å². The van der Waals surface area contributed by atoms with E-state index in [1.807, 2.05) is 6.92 Å². The maximum absolute atomic E-state index is 5.54. The summed E-state index contributed by atoms with van der Waals surface area (Å²) in [5.41, 5.74) is 6.22. The van der Waals surface area contributed by atoms with Gasteiger partial charge in [0.15, 0.2) is 0 Å². The van der Waals surface area contributed by atoms with Gasteiger partial charge in [0.25, 0.3) is 0 Å². The molecule has 2 aromatic rings. The predicted octanol–water partition coefficient (Wildman–Crippen LogP) is 0.737. The number of aryl methyl sites for hydroxylation is 1. The van der Waals surface area contributed by atoms with Gasteiger partial charge in [0.2, 0.25) is 5.13 Å². The minimum Gasteiger partial charge on any atom is -0.396 e. The molecule has 0 spiro atoms. The Morgan fingerprint density at radius 1 is 1.60 bits per heavy atom. The first-order valence-electron chi connectivity index (χ1n) is 4.56. The van der Waals surface area contributed by atoms with Crippen LogP contribution in [0.15, 0.2) is 12.4 Å². The molecule has 0 saturated heterocycles. The van der Waals surface area contributed by atoms with Gasteiger partial charge in [-0.1, -0.05) is 0 Å². The molecule has 0 bridgehead atoms. The van der Waals surface area contributed by atoms with E-state index in [4.69, 9.17) is 5.73 Å². The highest BCUT2D eigenvalue weighted by molar-refractivity contribution is 7.09. The fourth-order valence-electron chi connectivity index (χ4n) is 1.15. The van der Waals surface area contributed by atoms with Crippen molar-refractivity contribution in [1.82, 2.24) is 19.1 Å². The Morgan fingerprint density at radius 3 is 3.07 bits per heavy atom. The molecule has 15 heavy (non-hydrogen) atoms. The lowest BCUT2D eigenvalue weighted by Crippen LogP contribution is -2.10. The molecule has 80 valence electrons. The second-order valence-electron chi connectivity index (χ2n) is 3.11. The van der Waals surface area contributed by atoms with E-state index in [0.717, 1.165) is 24.0 Å². The second kappa shape index (κ2) is 4.26. The van der Waals surface area contributed by atoms with Crippen LogP contribution in [0.3, 0.4) is 0 Å². The highest BCUT2D eigenvalue weighted by Crippen LogP contribution is 2.09. The molecule has 0 amide bonds. The first kappa shape index (κ1) is 9.91. The van der Waals surface area contributed by atoms with Crippen LogP contribution in [-0.2, 0) is 6.54 Å². The molecule has 6 nitrogen and oxygen atoms in total. The van der Waals surface area contributed by atoms with Crippen LogP contribution in [0, 0.1) is 6.92 Å².